The SMILES string of the molecule is COc1c(C)cc(C)cc1CN1C[C@@H](CN2CCC(O)CC2)[C@@H](CO)C1. The van der Waals surface area contributed by atoms with E-state index in [4.69, 9.17) is 4.74 Å². The molecule has 0 aromatic heterocycles. The molecular formula is C21H34N2O3. The van der Waals surface area contributed by atoms with E-state index >= 15 is 0 Å². The molecule has 0 unspecified atom stereocenters. The highest BCUT2D eigenvalue weighted by Crippen LogP contribution is 2.31. The molecule has 5 heteroatoms. The fourth-order valence-electron chi connectivity index (χ4n) is 4.71. The fourth-order valence-corrected chi connectivity index (χ4v) is 4.71. The summed E-state index contributed by atoms with van der Waals surface area (Å²) < 4.78 is 5.65. The number of nitrogens with zero attached hydrogens (tertiary/aromatic N) is 2. The Morgan fingerprint density at radius 3 is 2.42 bits per heavy atom. The lowest BCUT2D eigenvalue weighted by Gasteiger charge is -2.32. The highest BCUT2D eigenvalue weighted by Gasteiger charge is 2.34. The van der Waals surface area contributed by atoms with Crippen LogP contribution < -0.4 is 4.74 Å². The monoisotopic (exact) mass is 362 g/mol. The van der Waals surface area contributed by atoms with Gasteiger partial charge in [0.2, 0.25) is 0 Å². The number of ether oxygens (including phenoxy) is 1. The molecule has 0 amide bonds. The number of aliphatic hydroxyl groups excluding tert-OH is 2. The van der Waals surface area contributed by atoms with E-state index in [0.717, 1.165) is 57.9 Å². The van der Waals surface area contributed by atoms with Crippen LogP contribution in [-0.2, 0) is 6.54 Å². The van der Waals surface area contributed by atoms with Crippen molar-refractivity contribution in [2.24, 2.45) is 11.8 Å². The van der Waals surface area contributed by atoms with Crippen LogP contribution in [0.2, 0.25) is 0 Å². The van der Waals surface area contributed by atoms with Gasteiger partial charge in [0.15, 0.2) is 0 Å². The number of aryl methyl sites for hydroxylation is 2. The van der Waals surface area contributed by atoms with Gasteiger partial charge in [0.05, 0.1) is 13.2 Å². The summed E-state index contributed by atoms with van der Waals surface area (Å²) >= 11 is 0. The molecule has 5 nitrogen and oxygen atoms in total. The molecule has 0 bridgehead atoms. The van der Waals surface area contributed by atoms with E-state index in [-0.39, 0.29) is 12.7 Å². The van der Waals surface area contributed by atoms with Gasteiger partial charge in [-0.1, -0.05) is 17.7 Å². The molecule has 2 N–H and O–H groups in total. The third-order valence-electron chi connectivity index (χ3n) is 6.03. The number of piperidine rings is 1. The number of benzene rings is 1. The quantitative estimate of drug-likeness (QED) is 0.808. The second-order valence-electron chi connectivity index (χ2n) is 8.20. The molecule has 0 saturated carbocycles. The molecule has 2 heterocycles. The van der Waals surface area contributed by atoms with Gasteiger partial charge in [0.1, 0.15) is 5.75 Å². The van der Waals surface area contributed by atoms with Crippen molar-refractivity contribution in [2.75, 3.05) is 46.4 Å². The number of aliphatic hydroxyl groups is 2. The molecule has 0 radical (unpaired) electrons. The molecule has 1 aromatic rings. The van der Waals surface area contributed by atoms with E-state index < -0.39 is 0 Å². The van der Waals surface area contributed by atoms with Gasteiger partial charge in [-0.3, -0.25) is 4.90 Å². The van der Waals surface area contributed by atoms with Gasteiger partial charge in [-0.05, 0) is 44.1 Å². The van der Waals surface area contributed by atoms with E-state index in [1.165, 1.54) is 16.7 Å². The molecule has 26 heavy (non-hydrogen) atoms. The first-order valence-corrected chi connectivity index (χ1v) is 9.88. The number of likely N-dealkylation sites (tertiary alicyclic amines) is 2. The van der Waals surface area contributed by atoms with Gasteiger partial charge in [0, 0.05) is 51.4 Å². The summed E-state index contributed by atoms with van der Waals surface area (Å²) in [6, 6.07) is 4.38. The van der Waals surface area contributed by atoms with Crippen molar-refractivity contribution < 1.29 is 14.9 Å². The summed E-state index contributed by atoms with van der Waals surface area (Å²) in [5, 5.41) is 19.6. The van der Waals surface area contributed by atoms with Crippen molar-refractivity contribution in [3.8, 4) is 5.75 Å². The van der Waals surface area contributed by atoms with E-state index in [0.29, 0.717) is 11.8 Å². The van der Waals surface area contributed by atoms with Gasteiger partial charge < -0.3 is 19.8 Å². The Kier molecular flexibility index (Phi) is 6.56. The second-order valence-corrected chi connectivity index (χ2v) is 8.20. The average Bonchev–Trinajstić information content (AvgIpc) is 2.98. The molecule has 1 aromatic carbocycles. The summed E-state index contributed by atoms with van der Waals surface area (Å²) in [7, 11) is 1.75. The second kappa shape index (κ2) is 8.70. The van der Waals surface area contributed by atoms with Crippen molar-refractivity contribution >= 4 is 0 Å². The van der Waals surface area contributed by atoms with Crippen LogP contribution in [0.1, 0.15) is 29.5 Å². The Morgan fingerprint density at radius 2 is 1.77 bits per heavy atom. The van der Waals surface area contributed by atoms with Crippen LogP contribution in [0, 0.1) is 25.7 Å². The molecule has 0 spiro atoms. The lowest BCUT2D eigenvalue weighted by Crippen LogP contribution is -2.40. The summed E-state index contributed by atoms with van der Waals surface area (Å²) in [5.74, 6) is 1.82. The summed E-state index contributed by atoms with van der Waals surface area (Å²) in [4.78, 5) is 4.92. The van der Waals surface area contributed by atoms with Gasteiger partial charge in [-0.15, -0.1) is 0 Å². The summed E-state index contributed by atoms with van der Waals surface area (Å²) in [6.45, 7) is 10.3. The topological polar surface area (TPSA) is 56.2 Å². The molecule has 2 atom stereocenters. The average molecular weight is 363 g/mol. The highest BCUT2D eigenvalue weighted by atomic mass is 16.5. The lowest BCUT2D eigenvalue weighted by atomic mass is 9.95. The fraction of sp³-hybridized carbons (Fsp3) is 0.714. The van der Waals surface area contributed by atoms with Crippen LogP contribution in [0.4, 0.5) is 0 Å². The summed E-state index contributed by atoms with van der Waals surface area (Å²) in [6.07, 6.45) is 1.62. The normalized spacial score (nSPS) is 25.7. The predicted octanol–water partition coefficient (Wildman–Crippen LogP) is 1.81. The minimum absolute atomic E-state index is 0.128. The number of hydrogen-bond donors (Lipinski definition) is 2. The predicted molar refractivity (Wildman–Crippen MR) is 103 cm³/mol. The van der Waals surface area contributed by atoms with Crippen molar-refractivity contribution in [3.05, 3.63) is 28.8 Å². The van der Waals surface area contributed by atoms with Crippen molar-refractivity contribution in [2.45, 2.75) is 39.3 Å². The Hall–Kier alpha value is -1.14. The van der Waals surface area contributed by atoms with E-state index in [1.807, 2.05) is 0 Å². The molecule has 2 aliphatic rings. The van der Waals surface area contributed by atoms with Crippen LogP contribution in [0.15, 0.2) is 12.1 Å². The van der Waals surface area contributed by atoms with E-state index in [2.05, 4.69) is 35.8 Å². The molecule has 146 valence electrons. The zero-order chi connectivity index (χ0) is 18.7. The smallest absolute Gasteiger partial charge is 0.126 e. The first-order valence-electron chi connectivity index (χ1n) is 9.88. The molecule has 2 saturated heterocycles. The Balaban J connectivity index is 1.64. The van der Waals surface area contributed by atoms with Crippen LogP contribution in [0.3, 0.4) is 0 Å². The molecular weight excluding hydrogens is 328 g/mol. The first-order chi connectivity index (χ1) is 12.5. The zero-order valence-electron chi connectivity index (χ0n) is 16.4. The van der Waals surface area contributed by atoms with E-state index in [9.17, 15) is 10.2 Å². The number of rotatable bonds is 6. The minimum Gasteiger partial charge on any atom is -0.496 e. The number of methoxy groups -OCH3 is 1. The van der Waals surface area contributed by atoms with Crippen LogP contribution in [0.5, 0.6) is 5.75 Å². The van der Waals surface area contributed by atoms with Crippen molar-refractivity contribution in [1.29, 1.82) is 0 Å². The first kappa shape index (κ1) is 19.6. The third-order valence-corrected chi connectivity index (χ3v) is 6.03. The minimum atomic E-state index is -0.128. The number of hydrogen-bond acceptors (Lipinski definition) is 5. The van der Waals surface area contributed by atoms with Crippen molar-refractivity contribution in [1.82, 2.24) is 9.80 Å². The van der Waals surface area contributed by atoms with Gasteiger partial charge in [-0.25, -0.2) is 0 Å². The van der Waals surface area contributed by atoms with Crippen LogP contribution >= 0.6 is 0 Å². The molecule has 2 fully saturated rings. The molecule has 3 rings (SSSR count). The third kappa shape index (κ3) is 4.58. The standard InChI is InChI=1S/C21H34N2O3/c1-15-8-16(2)21(26-3)17(9-15)10-23-12-18(19(13-23)14-24)11-22-6-4-20(25)5-7-22/h8-9,18-20,24-25H,4-7,10-14H2,1-3H3/t18-,19-/m1/s1. The van der Waals surface area contributed by atoms with Crippen LogP contribution in [0.25, 0.3) is 0 Å². The Morgan fingerprint density at radius 1 is 1.08 bits per heavy atom. The highest BCUT2D eigenvalue weighted by molar-refractivity contribution is 5.43. The Labute approximate surface area is 157 Å². The maximum Gasteiger partial charge on any atom is 0.126 e. The molecule has 0 aliphatic carbocycles. The Bertz CT molecular complexity index is 599. The zero-order valence-corrected chi connectivity index (χ0v) is 16.4. The van der Waals surface area contributed by atoms with Gasteiger partial charge in [0.25, 0.3) is 0 Å². The van der Waals surface area contributed by atoms with Crippen molar-refractivity contribution in [3.63, 3.8) is 0 Å². The summed E-state index contributed by atoms with van der Waals surface area (Å²) in [5.41, 5.74) is 3.69. The van der Waals surface area contributed by atoms with E-state index in [1.54, 1.807) is 7.11 Å². The van der Waals surface area contributed by atoms with Gasteiger partial charge in [-0.2, -0.15) is 0 Å². The largest absolute Gasteiger partial charge is 0.496 e. The lowest BCUT2D eigenvalue weighted by molar-refractivity contribution is 0.0684. The molecule has 2 aliphatic heterocycles. The van der Waals surface area contributed by atoms with Gasteiger partial charge >= 0.3 is 0 Å². The van der Waals surface area contributed by atoms with Crippen LogP contribution in [-0.4, -0.2) is 72.6 Å². The maximum atomic E-state index is 9.87. The maximum absolute atomic E-state index is 9.87.